The third-order valence-electron chi connectivity index (χ3n) is 2.68. The van der Waals surface area contributed by atoms with Crippen LogP contribution in [0.2, 0.25) is 0 Å². The van der Waals surface area contributed by atoms with Gasteiger partial charge in [0.2, 0.25) is 0 Å². The average molecular weight is 282 g/mol. The third-order valence-corrected chi connectivity index (χ3v) is 3.40. The van der Waals surface area contributed by atoms with Crippen molar-refractivity contribution in [3.8, 4) is 0 Å². The maximum atomic E-state index is 11.5. The zero-order valence-corrected chi connectivity index (χ0v) is 11.4. The molecule has 0 aromatic carbocycles. The van der Waals surface area contributed by atoms with E-state index in [1.807, 2.05) is 6.92 Å². The molecule has 102 valence electrons. The van der Waals surface area contributed by atoms with Crippen LogP contribution in [0.15, 0.2) is 10.2 Å². The van der Waals surface area contributed by atoms with Gasteiger partial charge in [-0.05, 0) is 0 Å². The van der Waals surface area contributed by atoms with E-state index in [1.54, 1.807) is 9.95 Å². The smallest absolute Gasteiger partial charge is 0.360 e. The van der Waals surface area contributed by atoms with E-state index < -0.39 is 5.97 Å². The summed E-state index contributed by atoms with van der Waals surface area (Å²) in [4.78, 5) is 29.4. The van der Waals surface area contributed by atoms with Gasteiger partial charge in [-0.25, -0.2) is 9.78 Å². The van der Waals surface area contributed by atoms with Crippen molar-refractivity contribution in [1.82, 2.24) is 14.5 Å². The van der Waals surface area contributed by atoms with Gasteiger partial charge in [0.1, 0.15) is 11.6 Å². The molecule has 0 amide bonds. The highest BCUT2D eigenvalue weighted by Crippen LogP contribution is 2.17. The molecule has 0 saturated carbocycles. The Morgan fingerprint density at radius 1 is 1.63 bits per heavy atom. The highest BCUT2D eigenvalue weighted by Gasteiger charge is 2.20. The summed E-state index contributed by atoms with van der Waals surface area (Å²) in [6, 6.07) is 0. The first-order valence-corrected chi connectivity index (χ1v) is 6.54. The first kappa shape index (κ1) is 13.3. The molecule has 19 heavy (non-hydrogen) atoms. The van der Waals surface area contributed by atoms with Crippen molar-refractivity contribution in [3.63, 3.8) is 0 Å². The van der Waals surface area contributed by atoms with Crippen molar-refractivity contribution in [2.45, 2.75) is 19.9 Å². The Kier molecular flexibility index (Phi) is 3.70. The molecule has 0 fully saturated rings. The van der Waals surface area contributed by atoms with Gasteiger partial charge in [-0.1, -0.05) is 18.3 Å². The van der Waals surface area contributed by atoms with E-state index in [-0.39, 0.29) is 16.4 Å². The molecule has 0 bridgehead atoms. The first-order chi connectivity index (χ1) is 9.06. The molecule has 8 heteroatoms. The van der Waals surface area contributed by atoms with E-state index >= 15 is 0 Å². The number of hydrogen-bond donors (Lipinski definition) is 2. The Hall–Kier alpha value is -2.09. The molecule has 7 nitrogen and oxygen atoms in total. The van der Waals surface area contributed by atoms with Crippen LogP contribution in [0.1, 0.15) is 28.9 Å². The zero-order chi connectivity index (χ0) is 14.0. The number of nitrogens with two attached hydrogens (primary N) is 1. The normalized spacial score (nSPS) is 10.6. The van der Waals surface area contributed by atoms with Gasteiger partial charge in [-0.3, -0.25) is 4.79 Å². The number of thiazole rings is 1. The number of aryl methyl sites for hydroxylation is 1. The molecule has 3 N–H and O–H groups in total. The van der Waals surface area contributed by atoms with E-state index in [4.69, 9.17) is 5.73 Å². The first-order valence-electron chi connectivity index (χ1n) is 5.66. The van der Waals surface area contributed by atoms with E-state index in [9.17, 15) is 9.59 Å². The minimum absolute atomic E-state index is 0.108. The van der Waals surface area contributed by atoms with Crippen molar-refractivity contribution < 1.29 is 9.53 Å². The highest BCUT2D eigenvalue weighted by atomic mass is 32.1. The van der Waals surface area contributed by atoms with Gasteiger partial charge in [0.05, 0.1) is 13.7 Å². The second kappa shape index (κ2) is 5.27. The number of hydrogen-bond acceptors (Lipinski definition) is 6. The van der Waals surface area contributed by atoms with E-state index in [0.717, 1.165) is 17.0 Å². The summed E-state index contributed by atoms with van der Waals surface area (Å²) >= 11 is 1.08. The van der Waals surface area contributed by atoms with Gasteiger partial charge >= 0.3 is 10.8 Å². The van der Waals surface area contributed by atoms with E-state index in [2.05, 4.69) is 14.7 Å². The van der Waals surface area contributed by atoms with E-state index in [0.29, 0.717) is 18.8 Å². The van der Waals surface area contributed by atoms with Crippen LogP contribution in [0.3, 0.4) is 0 Å². The highest BCUT2D eigenvalue weighted by molar-refractivity contribution is 7.07. The second-order valence-corrected chi connectivity index (χ2v) is 4.71. The number of anilines is 1. The van der Waals surface area contributed by atoms with Crippen LogP contribution in [-0.2, 0) is 17.7 Å². The number of rotatable bonds is 4. The molecule has 0 aliphatic rings. The number of aromatic amines is 1. The molecule has 0 radical (unpaired) electrons. The zero-order valence-electron chi connectivity index (χ0n) is 10.6. The summed E-state index contributed by atoms with van der Waals surface area (Å²) in [6.45, 7) is 2.29. The summed E-state index contributed by atoms with van der Waals surface area (Å²) in [5.74, 6) is 0.352. The molecular weight excluding hydrogens is 268 g/mol. The topological polar surface area (TPSA) is 103 Å². The maximum absolute atomic E-state index is 11.5. The average Bonchev–Trinajstić information content (AvgIpc) is 2.94. The fourth-order valence-electron chi connectivity index (χ4n) is 1.77. The number of ether oxygens (including phenoxy) is 1. The number of aromatic nitrogens is 3. The number of methoxy groups -OCH3 is 1. The van der Waals surface area contributed by atoms with Crippen LogP contribution in [0.5, 0.6) is 0 Å². The summed E-state index contributed by atoms with van der Waals surface area (Å²) in [7, 11) is 1.28. The van der Waals surface area contributed by atoms with Crippen LogP contribution in [-0.4, -0.2) is 27.6 Å². The number of nitrogens with one attached hydrogen (secondary N) is 1. The van der Waals surface area contributed by atoms with Gasteiger partial charge in [0.15, 0.2) is 5.69 Å². The molecule has 0 aliphatic carbocycles. The third kappa shape index (κ3) is 2.53. The summed E-state index contributed by atoms with van der Waals surface area (Å²) in [6.07, 6.45) is 0.621. The predicted octanol–water partition coefficient (Wildman–Crippen LogP) is 0.612. The van der Waals surface area contributed by atoms with Gasteiger partial charge < -0.3 is 20.0 Å². The number of imidazole rings is 1. The lowest BCUT2D eigenvalue weighted by Gasteiger charge is -2.06. The number of carbonyl (C=O) groups excluding carboxylic acids is 1. The Morgan fingerprint density at radius 2 is 2.37 bits per heavy atom. The number of carbonyl (C=O) groups is 1. The van der Waals surface area contributed by atoms with Crippen LogP contribution in [0, 0.1) is 0 Å². The Bertz CT molecular complexity index is 655. The molecule has 0 spiro atoms. The molecule has 0 aliphatic heterocycles. The lowest BCUT2D eigenvalue weighted by atomic mass is 10.4. The van der Waals surface area contributed by atoms with Gasteiger partial charge in [0, 0.05) is 17.5 Å². The van der Waals surface area contributed by atoms with Crippen LogP contribution in [0.4, 0.5) is 5.82 Å². The van der Waals surface area contributed by atoms with Crippen LogP contribution in [0.25, 0.3) is 0 Å². The minimum atomic E-state index is -0.565. The fourth-order valence-corrected chi connectivity index (χ4v) is 2.34. The monoisotopic (exact) mass is 282 g/mol. The van der Waals surface area contributed by atoms with Crippen molar-refractivity contribution in [2.24, 2.45) is 0 Å². The largest absolute Gasteiger partial charge is 0.464 e. The molecular formula is C11H14N4O3S. The molecule has 2 heterocycles. The molecule has 0 atom stereocenters. The summed E-state index contributed by atoms with van der Waals surface area (Å²) in [5, 5.41) is 1.72. The van der Waals surface area contributed by atoms with Gasteiger partial charge in [-0.2, -0.15) is 0 Å². The predicted molar refractivity (Wildman–Crippen MR) is 71.4 cm³/mol. The number of nitrogens with zero attached hydrogens (tertiary/aromatic N) is 2. The molecule has 2 rings (SSSR count). The van der Waals surface area contributed by atoms with Crippen molar-refractivity contribution in [3.05, 3.63) is 32.3 Å². The molecule has 2 aromatic heterocycles. The van der Waals surface area contributed by atoms with Crippen molar-refractivity contribution in [1.29, 1.82) is 0 Å². The number of esters is 1. The molecule has 2 aromatic rings. The Balaban J connectivity index is 2.41. The SMILES string of the molecule is CCc1nc(C(=O)OC)c(N)n1Cc1csc(=O)[nH]1. The summed E-state index contributed by atoms with van der Waals surface area (Å²) < 4.78 is 6.33. The summed E-state index contributed by atoms with van der Waals surface area (Å²) in [5.41, 5.74) is 6.76. The maximum Gasteiger partial charge on any atom is 0.360 e. The molecule has 0 saturated heterocycles. The van der Waals surface area contributed by atoms with Crippen LogP contribution >= 0.6 is 11.3 Å². The Morgan fingerprint density at radius 3 is 2.89 bits per heavy atom. The van der Waals surface area contributed by atoms with Gasteiger partial charge in [0.25, 0.3) is 0 Å². The fraction of sp³-hybridized carbons (Fsp3) is 0.364. The quantitative estimate of drug-likeness (QED) is 0.800. The van der Waals surface area contributed by atoms with Gasteiger partial charge in [-0.15, -0.1) is 0 Å². The van der Waals surface area contributed by atoms with Crippen molar-refractivity contribution in [2.75, 3.05) is 12.8 Å². The van der Waals surface area contributed by atoms with E-state index in [1.165, 1.54) is 7.11 Å². The minimum Gasteiger partial charge on any atom is -0.464 e. The lowest BCUT2D eigenvalue weighted by Crippen LogP contribution is -2.11. The number of H-pyrrole nitrogens is 1. The van der Waals surface area contributed by atoms with Crippen LogP contribution < -0.4 is 10.6 Å². The Labute approximate surface area is 113 Å². The molecule has 0 unspecified atom stereocenters. The van der Waals surface area contributed by atoms with Crippen molar-refractivity contribution >= 4 is 23.1 Å². The number of nitrogen functional groups attached to an aromatic ring is 1. The lowest BCUT2D eigenvalue weighted by molar-refractivity contribution is 0.0595. The second-order valence-electron chi connectivity index (χ2n) is 3.87. The standard InChI is InChI=1S/C11H14N4O3S/c1-3-7-14-8(10(16)18-2)9(12)15(7)4-6-5-19-11(17)13-6/h5H,3-4,12H2,1-2H3,(H,13,17).